The summed E-state index contributed by atoms with van der Waals surface area (Å²) in [5, 5.41) is 15.7. The van der Waals surface area contributed by atoms with Gasteiger partial charge in [0.25, 0.3) is 5.91 Å². The number of aliphatic hydroxyl groups excluding tert-OH is 1. The minimum Gasteiger partial charge on any atom is -0.374 e. The number of aliphatic hydroxyl groups is 1. The van der Waals surface area contributed by atoms with Gasteiger partial charge in [0.1, 0.15) is 23.7 Å². The van der Waals surface area contributed by atoms with E-state index in [-0.39, 0.29) is 16.8 Å². The van der Waals surface area contributed by atoms with Crippen molar-refractivity contribution in [3.8, 4) is 11.3 Å². The Labute approximate surface area is 173 Å². The number of nitrogens with zero attached hydrogens (tertiary/aromatic N) is 3. The summed E-state index contributed by atoms with van der Waals surface area (Å²) in [5.74, 6) is -2.25. The summed E-state index contributed by atoms with van der Waals surface area (Å²) in [6, 6.07) is 3.55. The molecule has 0 spiro atoms. The number of nitrogens with two attached hydrogens (primary N) is 1. The molecule has 0 aliphatic heterocycles. The molecule has 31 heavy (non-hydrogen) atoms. The first-order chi connectivity index (χ1) is 14.6. The van der Waals surface area contributed by atoms with E-state index in [4.69, 9.17) is 5.73 Å². The van der Waals surface area contributed by atoms with Crippen molar-refractivity contribution in [2.75, 3.05) is 0 Å². The van der Waals surface area contributed by atoms with Crippen LogP contribution in [-0.2, 0) is 0 Å². The van der Waals surface area contributed by atoms with E-state index in [2.05, 4.69) is 15.4 Å². The van der Waals surface area contributed by atoms with Crippen LogP contribution in [0.25, 0.3) is 16.9 Å². The highest BCUT2D eigenvalue weighted by Gasteiger charge is 2.49. The van der Waals surface area contributed by atoms with E-state index in [0.717, 1.165) is 12.3 Å². The van der Waals surface area contributed by atoms with E-state index in [0.29, 0.717) is 29.8 Å². The zero-order valence-corrected chi connectivity index (χ0v) is 16.3. The summed E-state index contributed by atoms with van der Waals surface area (Å²) in [5.41, 5.74) is 6.46. The van der Waals surface area contributed by atoms with Gasteiger partial charge in [-0.05, 0) is 49.9 Å². The van der Waals surface area contributed by atoms with E-state index in [1.807, 2.05) is 0 Å². The predicted molar refractivity (Wildman–Crippen MR) is 102 cm³/mol. The highest BCUT2D eigenvalue weighted by molar-refractivity contribution is 6.00. The zero-order valence-electron chi connectivity index (χ0n) is 16.3. The molecular weight excluding hydrogens is 418 g/mol. The molecule has 7 nitrogen and oxygen atoms in total. The second-order valence-electron chi connectivity index (χ2n) is 7.59. The Kier molecular flexibility index (Phi) is 5.18. The molecular formula is C20H19F4N5O2. The topological polar surface area (TPSA) is 106 Å². The second-order valence-corrected chi connectivity index (χ2v) is 7.59. The number of carbonyl (C=O) groups is 1. The van der Waals surface area contributed by atoms with Gasteiger partial charge in [-0.25, -0.2) is 13.9 Å². The summed E-state index contributed by atoms with van der Waals surface area (Å²) in [6.07, 6.45) is -4.12. The van der Waals surface area contributed by atoms with Gasteiger partial charge in [0.2, 0.25) is 0 Å². The quantitative estimate of drug-likeness (QED) is 0.421. The number of rotatable bonds is 5. The van der Waals surface area contributed by atoms with Gasteiger partial charge in [-0.15, -0.1) is 0 Å². The Hall–Kier alpha value is -3.05. The van der Waals surface area contributed by atoms with Gasteiger partial charge in [0.15, 0.2) is 5.65 Å². The van der Waals surface area contributed by atoms with E-state index in [1.54, 1.807) is 13.0 Å². The van der Waals surface area contributed by atoms with E-state index in [9.17, 15) is 27.5 Å². The van der Waals surface area contributed by atoms with Crippen molar-refractivity contribution < 1.29 is 27.5 Å². The summed E-state index contributed by atoms with van der Waals surface area (Å²) in [4.78, 5) is 17.0. The molecule has 1 aliphatic rings. The molecule has 1 aliphatic carbocycles. The average Bonchev–Trinajstić information content (AvgIpc) is 3.42. The summed E-state index contributed by atoms with van der Waals surface area (Å²) < 4.78 is 55.1. The molecule has 2 aromatic heterocycles. The minimum atomic E-state index is -4.55. The van der Waals surface area contributed by atoms with E-state index < -0.39 is 36.1 Å². The van der Waals surface area contributed by atoms with Crippen LogP contribution < -0.4 is 11.1 Å². The van der Waals surface area contributed by atoms with Gasteiger partial charge in [0, 0.05) is 16.8 Å². The molecule has 0 bridgehead atoms. The van der Waals surface area contributed by atoms with Crippen molar-refractivity contribution in [3.05, 3.63) is 53.1 Å². The fraction of sp³-hybridized carbons (Fsp3) is 0.350. The van der Waals surface area contributed by atoms with Crippen molar-refractivity contribution in [1.82, 2.24) is 19.9 Å². The van der Waals surface area contributed by atoms with Crippen LogP contribution in [0.1, 0.15) is 40.7 Å². The third-order valence-electron chi connectivity index (χ3n) is 5.24. The smallest absolute Gasteiger partial charge is 0.374 e. The largest absolute Gasteiger partial charge is 0.408 e. The van der Waals surface area contributed by atoms with Gasteiger partial charge >= 0.3 is 6.18 Å². The van der Waals surface area contributed by atoms with Crippen LogP contribution in [0.4, 0.5) is 17.6 Å². The molecule has 1 fully saturated rings. The maximum Gasteiger partial charge on any atom is 0.408 e. The fourth-order valence-corrected chi connectivity index (χ4v) is 3.47. The summed E-state index contributed by atoms with van der Waals surface area (Å²) in [6.45, 7) is 1.68. The number of hydrogen-bond acceptors (Lipinski definition) is 5. The van der Waals surface area contributed by atoms with Crippen molar-refractivity contribution in [2.45, 2.75) is 38.2 Å². The number of benzene rings is 1. The van der Waals surface area contributed by atoms with Crippen molar-refractivity contribution in [1.29, 1.82) is 0 Å². The Morgan fingerprint density at radius 3 is 2.65 bits per heavy atom. The van der Waals surface area contributed by atoms with Gasteiger partial charge in [-0.2, -0.15) is 18.3 Å². The molecule has 2 heterocycles. The third-order valence-corrected chi connectivity index (χ3v) is 5.24. The SMILES string of the molecule is Cc1cc(-c2ccc(F)c(C(N)O)c2)nc2c(C(=O)NC(C3CC3)C(F)(F)F)cnn12. The number of hydrogen-bond donors (Lipinski definition) is 3. The predicted octanol–water partition coefficient (Wildman–Crippen LogP) is 2.86. The van der Waals surface area contributed by atoms with Crippen LogP contribution in [0.2, 0.25) is 0 Å². The standard InChI is InChI=1S/C20H19F4N5O2/c1-9-6-15(11-4-5-14(21)12(7-11)17(25)30)27-18-13(8-26-29(9)18)19(31)28-16(10-2-3-10)20(22,23)24/h4-8,10,16-17,30H,2-3,25H2,1H3,(H,28,31). The molecule has 1 amide bonds. The lowest BCUT2D eigenvalue weighted by Crippen LogP contribution is -2.46. The second kappa shape index (κ2) is 7.57. The lowest BCUT2D eigenvalue weighted by Gasteiger charge is -2.20. The van der Waals surface area contributed by atoms with Gasteiger partial charge < -0.3 is 16.2 Å². The van der Waals surface area contributed by atoms with Crippen LogP contribution in [0.15, 0.2) is 30.5 Å². The number of aryl methyl sites for hydroxylation is 1. The number of alkyl halides is 3. The lowest BCUT2D eigenvalue weighted by atomic mass is 10.1. The molecule has 0 radical (unpaired) electrons. The number of aromatic nitrogens is 3. The van der Waals surface area contributed by atoms with Gasteiger partial charge in [0.05, 0.1) is 11.9 Å². The highest BCUT2D eigenvalue weighted by Crippen LogP contribution is 2.40. The van der Waals surface area contributed by atoms with Crippen molar-refractivity contribution >= 4 is 11.6 Å². The van der Waals surface area contributed by atoms with Crippen LogP contribution in [0.5, 0.6) is 0 Å². The Bertz CT molecular complexity index is 1150. The number of carbonyl (C=O) groups excluding carboxylic acids is 1. The van der Waals surface area contributed by atoms with Gasteiger partial charge in [-0.1, -0.05) is 0 Å². The van der Waals surface area contributed by atoms with Crippen LogP contribution in [0, 0.1) is 18.7 Å². The zero-order chi connectivity index (χ0) is 22.5. The molecule has 0 saturated heterocycles. The number of halogens is 4. The highest BCUT2D eigenvalue weighted by atomic mass is 19.4. The molecule has 3 aromatic rings. The summed E-state index contributed by atoms with van der Waals surface area (Å²) >= 11 is 0. The fourth-order valence-electron chi connectivity index (χ4n) is 3.47. The van der Waals surface area contributed by atoms with Crippen LogP contribution in [-0.4, -0.2) is 37.8 Å². The maximum absolute atomic E-state index is 13.9. The first-order valence-electron chi connectivity index (χ1n) is 9.52. The average molecular weight is 437 g/mol. The summed E-state index contributed by atoms with van der Waals surface area (Å²) in [7, 11) is 0. The van der Waals surface area contributed by atoms with Crippen LogP contribution >= 0.6 is 0 Å². The molecule has 1 aromatic carbocycles. The van der Waals surface area contributed by atoms with E-state index >= 15 is 0 Å². The first-order valence-corrected chi connectivity index (χ1v) is 9.52. The van der Waals surface area contributed by atoms with Gasteiger partial charge in [-0.3, -0.25) is 4.79 Å². The number of amides is 1. The number of fused-ring (bicyclic) bond motifs is 1. The molecule has 1 saturated carbocycles. The molecule has 11 heteroatoms. The first kappa shape index (κ1) is 21.2. The Morgan fingerprint density at radius 2 is 2.03 bits per heavy atom. The van der Waals surface area contributed by atoms with E-state index in [1.165, 1.54) is 16.6 Å². The molecule has 164 valence electrons. The molecule has 2 atom stereocenters. The molecule has 4 rings (SSSR count). The third kappa shape index (κ3) is 4.10. The number of nitrogens with one attached hydrogen (secondary N) is 1. The maximum atomic E-state index is 13.9. The molecule has 4 N–H and O–H groups in total. The molecule has 2 unspecified atom stereocenters. The minimum absolute atomic E-state index is 0.0587. The normalized spacial score (nSPS) is 16.4. The Morgan fingerprint density at radius 1 is 1.32 bits per heavy atom. The van der Waals surface area contributed by atoms with Crippen LogP contribution in [0.3, 0.4) is 0 Å². The monoisotopic (exact) mass is 437 g/mol. The lowest BCUT2D eigenvalue weighted by molar-refractivity contribution is -0.158. The Balaban J connectivity index is 1.73. The van der Waals surface area contributed by atoms with Crippen molar-refractivity contribution in [2.24, 2.45) is 11.7 Å². The van der Waals surface area contributed by atoms with Crippen molar-refractivity contribution in [3.63, 3.8) is 0 Å².